The third-order valence-electron chi connectivity index (χ3n) is 3.89. The average Bonchev–Trinajstić information content (AvgIpc) is 2.41. The topological polar surface area (TPSA) is 43.8 Å². The number of aromatic hydroxyl groups is 1. The fourth-order valence-corrected chi connectivity index (χ4v) is 2.54. The summed E-state index contributed by atoms with van der Waals surface area (Å²) in [5.41, 5.74) is 0.671. The van der Waals surface area contributed by atoms with Crippen LogP contribution in [-0.4, -0.2) is 60.0 Å². The molecule has 1 aliphatic rings. The summed E-state index contributed by atoms with van der Waals surface area (Å²) in [6.45, 7) is 5.57. The van der Waals surface area contributed by atoms with E-state index in [0.717, 1.165) is 26.1 Å². The molecular formula is C15H22N2O2. The van der Waals surface area contributed by atoms with E-state index in [1.54, 1.807) is 24.3 Å². The normalized spacial score (nSPS) is 21.5. The van der Waals surface area contributed by atoms with E-state index in [4.69, 9.17) is 0 Å². The van der Waals surface area contributed by atoms with Crippen LogP contribution in [0.1, 0.15) is 23.7 Å². The lowest BCUT2D eigenvalue weighted by molar-refractivity contribution is 0.0743. The van der Waals surface area contributed by atoms with Gasteiger partial charge in [-0.05, 0) is 37.7 Å². The molecule has 0 saturated carbocycles. The van der Waals surface area contributed by atoms with E-state index in [2.05, 4.69) is 23.8 Å². The number of phenolic OH excluding ortho intramolecular Hbond substituents is 1. The van der Waals surface area contributed by atoms with E-state index in [1.165, 1.54) is 0 Å². The molecule has 2 rings (SSSR count). The van der Waals surface area contributed by atoms with Crippen molar-refractivity contribution in [2.24, 2.45) is 0 Å². The van der Waals surface area contributed by atoms with E-state index in [0.29, 0.717) is 18.2 Å². The van der Waals surface area contributed by atoms with Crippen LogP contribution in [0.4, 0.5) is 0 Å². The van der Waals surface area contributed by atoms with Crippen molar-refractivity contribution >= 4 is 5.78 Å². The maximum absolute atomic E-state index is 12.2. The van der Waals surface area contributed by atoms with Crippen molar-refractivity contribution in [2.75, 3.05) is 33.2 Å². The van der Waals surface area contributed by atoms with Gasteiger partial charge in [0.15, 0.2) is 5.78 Å². The molecule has 104 valence electrons. The van der Waals surface area contributed by atoms with Gasteiger partial charge in [-0.3, -0.25) is 9.69 Å². The summed E-state index contributed by atoms with van der Waals surface area (Å²) in [5.74, 6) is 0.321. The molecule has 1 aromatic carbocycles. The number of benzene rings is 1. The molecule has 0 radical (unpaired) electrons. The van der Waals surface area contributed by atoms with E-state index < -0.39 is 0 Å². The van der Waals surface area contributed by atoms with Crippen molar-refractivity contribution in [1.29, 1.82) is 0 Å². The first-order valence-electron chi connectivity index (χ1n) is 6.85. The van der Waals surface area contributed by atoms with Crippen LogP contribution in [0.2, 0.25) is 0 Å². The van der Waals surface area contributed by atoms with Crippen molar-refractivity contribution in [3.63, 3.8) is 0 Å². The van der Waals surface area contributed by atoms with Gasteiger partial charge in [-0.15, -0.1) is 0 Å². The number of hydrogen-bond donors (Lipinski definition) is 1. The Bertz CT molecular complexity index is 430. The Morgan fingerprint density at radius 2 is 2.00 bits per heavy atom. The molecule has 1 unspecified atom stereocenters. The third-order valence-corrected chi connectivity index (χ3v) is 3.89. The Kier molecular flexibility index (Phi) is 4.56. The second kappa shape index (κ2) is 6.17. The van der Waals surface area contributed by atoms with Gasteiger partial charge >= 0.3 is 0 Å². The number of likely N-dealkylation sites (N-methyl/N-ethyl adjacent to an activating group) is 1. The Labute approximate surface area is 114 Å². The molecule has 0 aliphatic carbocycles. The van der Waals surface area contributed by atoms with Crippen molar-refractivity contribution in [2.45, 2.75) is 19.4 Å². The number of phenols is 1. The second-order valence-corrected chi connectivity index (χ2v) is 5.25. The number of rotatable bonds is 4. The molecule has 0 aromatic heterocycles. The SMILES string of the molecule is CCC1CN(CC(=O)c2ccc(O)cc2)CCN1C. The van der Waals surface area contributed by atoms with Gasteiger partial charge in [-0.2, -0.15) is 0 Å². The molecule has 1 heterocycles. The highest BCUT2D eigenvalue weighted by molar-refractivity contribution is 5.97. The molecule has 1 aromatic rings. The van der Waals surface area contributed by atoms with E-state index >= 15 is 0 Å². The minimum atomic E-state index is 0.124. The molecule has 1 saturated heterocycles. The number of carbonyl (C=O) groups excluding carboxylic acids is 1. The highest BCUT2D eigenvalue weighted by atomic mass is 16.3. The minimum absolute atomic E-state index is 0.124. The van der Waals surface area contributed by atoms with Crippen LogP contribution in [-0.2, 0) is 0 Å². The van der Waals surface area contributed by atoms with Crippen LogP contribution < -0.4 is 0 Å². The summed E-state index contributed by atoms with van der Waals surface area (Å²) in [6, 6.07) is 7.04. The molecule has 1 N–H and O–H groups in total. The Hall–Kier alpha value is -1.39. The van der Waals surface area contributed by atoms with Gasteiger partial charge in [0, 0.05) is 31.2 Å². The molecule has 0 amide bonds. The van der Waals surface area contributed by atoms with Gasteiger partial charge < -0.3 is 10.0 Å². The average molecular weight is 262 g/mol. The van der Waals surface area contributed by atoms with Gasteiger partial charge in [-0.25, -0.2) is 0 Å². The van der Waals surface area contributed by atoms with Crippen molar-refractivity contribution < 1.29 is 9.90 Å². The number of Topliss-reactive ketones (excluding diaryl/α,β-unsaturated/α-hetero) is 1. The zero-order chi connectivity index (χ0) is 13.8. The fourth-order valence-electron chi connectivity index (χ4n) is 2.54. The van der Waals surface area contributed by atoms with Crippen LogP contribution in [0.5, 0.6) is 5.75 Å². The summed E-state index contributed by atoms with van der Waals surface area (Å²) in [5, 5.41) is 9.23. The zero-order valence-corrected chi connectivity index (χ0v) is 11.7. The summed E-state index contributed by atoms with van der Waals surface area (Å²) >= 11 is 0. The smallest absolute Gasteiger partial charge is 0.176 e. The maximum atomic E-state index is 12.2. The van der Waals surface area contributed by atoms with Crippen LogP contribution in [0.15, 0.2) is 24.3 Å². The predicted molar refractivity (Wildman–Crippen MR) is 75.6 cm³/mol. The first-order valence-corrected chi connectivity index (χ1v) is 6.85. The molecule has 1 atom stereocenters. The number of piperazine rings is 1. The lowest BCUT2D eigenvalue weighted by atomic mass is 10.1. The van der Waals surface area contributed by atoms with Gasteiger partial charge in [0.2, 0.25) is 0 Å². The number of carbonyl (C=O) groups is 1. The van der Waals surface area contributed by atoms with Crippen LogP contribution in [0, 0.1) is 0 Å². The summed E-state index contributed by atoms with van der Waals surface area (Å²) in [7, 11) is 2.15. The van der Waals surface area contributed by atoms with Crippen LogP contribution in [0.25, 0.3) is 0 Å². The standard InChI is InChI=1S/C15H22N2O2/c1-3-13-10-17(9-8-16(13)2)11-15(19)12-4-6-14(18)7-5-12/h4-7,13,18H,3,8-11H2,1-2H3. The van der Waals surface area contributed by atoms with E-state index in [-0.39, 0.29) is 11.5 Å². The van der Waals surface area contributed by atoms with Gasteiger partial charge in [0.1, 0.15) is 5.75 Å². The summed E-state index contributed by atoms with van der Waals surface area (Å²) in [4.78, 5) is 16.8. The molecular weight excluding hydrogens is 240 g/mol. The van der Waals surface area contributed by atoms with Gasteiger partial charge in [0.05, 0.1) is 6.54 Å². The first kappa shape index (κ1) is 14.0. The highest BCUT2D eigenvalue weighted by Crippen LogP contribution is 2.13. The number of ketones is 1. The molecule has 4 nitrogen and oxygen atoms in total. The van der Waals surface area contributed by atoms with E-state index in [1.807, 2.05) is 0 Å². The highest BCUT2D eigenvalue weighted by Gasteiger charge is 2.24. The summed E-state index contributed by atoms with van der Waals surface area (Å²) < 4.78 is 0. The predicted octanol–water partition coefficient (Wildman–Crippen LogP) is 1.60. The largest absolute Gasteiger partial charge is 0.508 e. The van der Waals surface area contributed by atoms with Crippen LogP contribution in [0.3, 0.4) is 0 Å². The minimum Gasteiger partial charge on any atom is -0.508 e. The van der Waals surface area contributed by atoms with Gasteiger partial charge in [0.25, 0.3) is 0 Å². The fraction of sp³-hybridized carbons (Fsp3) is 0.533. The van der Waals surface area contributed by atoms with Gasteiger partial charge in [-0.1, -0.05) is 6.92 Å². The lowest BCUT2D eigenvalue weighted by Crippen LogP contribution is -2.52. The number of nitrogens with zero attached hydrogens (tertiary/aromatic N) is 2. The molecule has 1 aliphatic heterocycles. The third kappa shape index (κ3) is 3.55. The Morgan fingerprint density at radius 3 is 2.63 bits per heavy atom. The second-order valence-electron chi connectivity index (χ2n) is 5.25. The quantitative estimate of drug-likeness (QED) is 0.837. The van der Waals surface area contributed by atoms with Crippen LogP contribution >= 0.6 is 0 Å². The number of hydrogen-bond acceptors (Lipinski definition) is 4. The maximum Gasteiger partial charge on any atom is 0.176 e. The summed E-state index contributed by atoms with van der Waals surface area (Å²) in [6.07, 6.45) is 1.11. The molecule has 1 fully saturated rings. The molecule has 0 spiro atoms. The zero-order valence-electron chi connectivity index (χ0n) is 11.7. The molecule has 0 bridgehead atoms. The van der Waals surface area contributed by atoms with E-state index in [9.17, 15) is 9.90 Å². The molecule has 4 heteroatoms. The monoisotopic (exact) mass is 262 g/mol. The van der Waals surface area contributed by atoms with Crippen molar-refractivity contribution in [1.82, 2.24) is 9.80 Å². The Balaban J connectivity index is 1.94. The van der Waals surface area contributed by atoms with Crippen molar-refractivity contribution in [3.05, 3.63) is 29.8 Å². The van der Waals surface area contributed by atoms with Crippen molar-refractivity contribution in [3.8, 4) is 5.75 Å². The Morgan fingerprint density at radius 1 is 1.32 bits per heavy atom. The first-order chi connectivity index (χ1) is 9.10. The lowest BCUT2D eigenvalue weighted by Gasteiger charge is -2.38. The molecule has 19 heavy (non-hydrogen) atoms.